The molecule has 8 heteroatoms. The zero-order valence-corrected chi connectivity index (χ0v) is 16.6. The van der Waals surface area contributed by atoms with Crippen molar-refractivity contribution < 1.29 is 23.7 Å². The molecule has 150 valence electrons. The van der Waals surface area contributed by atoms with E-state index in [4.69, 9.17) is 18.9 Å². The Kier molecular flexibility index (Phi) is 5.81. The number of fused-ring (bicyclic) bond motifs is 1. The average molecular weight is 412 g/mol. The highest BCUT2D eigenvalue weighted by molar-refractivity contribution is 7.07. The molecule has 1 unspecified atom stereocenters. The Bertz CT molecular complexity index is 977. The van der Waals surface area contributed by atoms with Gasteiger partial charge in [0.05, 0.1) is 24.9 Å². The van der Waals surface area contributed by atoms with Crippen molar-refractivity contribution in [3.8, 4) is 23.0 Å². The first-order valence-corrected chi connectivity index (χ1v) is 10.0. The van der Waals surface area contributed by atoms with Gasteiger partial charge in [0.25, 0.3) is 5.91 Å². The van der Waals surface area contributed by atoms with E-state index in [9.17, 15) is 4.79 Å². The number of para-hydroxylation sites is 2. The zero-order valence-electron chi connectivity index (χ0n) is 15.8. The number of aromatic nitrogens is 1. The maximum absolute atomic E-state index is 12.5. The lowest BCUT2D eigenvalue weighted by molar-refractivity contribution is 0.0789. The van der Waals surface area contributed by atoms with E-state index in [1.165, 1.54) is 18.4 Å². The van der Waals surface area contributed by atoms with E-state index in [0.29, 0.717) is 48.3 Å². The Hall–Kier alpha value is -3.26. The first-order valence-electron chi connectivity index (χ1n) is 9.07. The van der Waals surface area contributed by atoms with E-state index in [2.05, 4.69) is 10.3 Å². The molecular weight excluding hydrogens is 392 g/mol. The molecule has 0 saturated carbocycles. The van der Waals surface area contributed by atoms with Gasteiger partial charge in [-0.1, -0.05) is 12.1 Å². The highest BCUT2D eigenvalue weighted by atomic mass is 32.1. The van der Waals surface area contributed by atoms with Crippen LogP contribution < -0.4 is 24.3 Å². The SMILES string of the molecule is COc1cc(C(=O)NCC2COc3ccccc3O2)ccc1OCc1cscn1. The van der Waals surface area contributed by atoms with Crippen LogP contribution in [0, 0.1) is 0 Å². The lowest BCUT2D eigenvalue weighted by Gasteiger charge is -2.26. The van der Waals surface area contributed by atoms with Crippen LogP contribution in [0.1, 0.15) is 16.1 Å². The molecule has 7 nitrogen and oxygen atoms in total. The minimum atomic E-state index is -0.253. The summed E-state index contributed by atoms with van der Waals surface area (Å²) in [5, 5.41) is 4.80. The van der Waals surface area contributed by atoms with Gasteiger partial charge in [-0.3, -0.25) is 4.79 Å². The number of benzene rings is 2. The van der Waals surface area contributed by atoms with Crippen molar-refractivity contribution in [1.82, 2.24) is 10.3 Å². The molecule has 1 aliphatic heterocycles. The van der Waals surface area contributed by atoms with E-state index in [-0.39, 0.29) is 12.0 Å². The van der Waals surface area contributed by atoms with Crippen molar-refractivity contribution in [2.24, 2.45) is 0 Å². The normalized spacial score (nSPS) is 14.9. The highest BCUT2D eigenvalue weighted by Gasteiger charge is 2.21. The molecular formula is C21H20N2O5S. The van der Waals surface area contributed by atoms with Gasteiger partial charge < -0.3 is 24.3 Å². The van der Waals surface area contributed by atoms with Crippen molar-refractivity contribution in [3.63, 3.8) is 0 Å². The van der Waals surface area contributed by atoms with Gasteiger partial charge in [-0.15, -0.1) is 11.3 Å². The summed E-state index contributed by atoms with van der Waals surface area (Å²) in [4.78, 5) is 16.7. The Morgan fingerprint density at radius 2 is 2.10 bits per heavy atom. The second-order valence-electron chi connectivity index (χ2n) is 6.34. The van der Waals surface area contributed by atoms with Crippen LogP contribution in [0.3, 0.4) is 0 Å². The Morgan fingerprint density at radius 1 is 1.24 bits per heavy atom. The van der Waals surface area contributed by atoms with Crippen LogP contribution >= 0.6 is 11.3 Å². The van der Waals surface area contributed by atoms with Crippen LogP contribution in [0.2, 0.25) is 0 Å². The van der Waals surface area contributed by atoms with Gasteiger partial charge in [-0.2, -0.15) is 0 Å². The molecule has 1 amide bonds. The largest absolute Gasteiger partial charge is 0.493 e. The maximum Gasteiger partial charge on any atom is 0.251 e. The van der Waals surface area contributed by atoms with Crippen molar-refractivity contribution in [2.75, 3.05) is 20.3 Å². The van der Waals surface area contributed by atoms with Gasteiger partial charge >= 0.3 is 0 Å². The summed E-state index contributed by atoms with van der Waals surface area (Å²) in [7, 11) is 1.54. The fraction of sp³-hybridized carbons (Fsp3) is 0.238. The van der Waals surface area contributed by atoms with E-state index >= 15 is 0 Å². The molecule has 1 atom stereocenters. The zero-order chi connectivity index (χ0) is 20.1. The van der Waals surface area contributed by atoms with Crippen LogP contribution in [-0.2, 0) is 6.61 Å². The minimum absolute atomic E-state index is 0.225. The van der Waals surface area contributed by atoms with Crippen molar-refractivity contribution >= 4 is 17.2 Å². The number of carbonyl (C=O) groups excluding carboxylic acids is 1. The minimum Gasteiger partial charge on any atom is -0.493 e. The van der Waals surface area contributed by atoms with Gasteiger partial charge in [0.2, 0.25) is 0 Å². The van der Waals surface area contributed by atoms with Crippen LogP contribution in [0.4, 0.5) is 0 Å². The number of amides is 1. The van der Waals surface area contributed by atoms with Crippen molar-refractivity contribution in [3.05, 3.63) is 64.6 Å². The van der Waals surface area contributed by atoms with Crippen LogP contribution in [0.25, 0.3) is 0 Å². The fourth-order valence-corrected chi connectivity index (χ4v) is 3.40. The van der Waals surface area contributed by atoms with Gasteiger partial charge in [-0.05, 0) is 30.3 Å². The molecule has 0 fully saturated rings. The third-order valence-corrected chi connectivity index (χ3v) is 4.98. The van der Waals surface area contributed by atoms with E-state index < -0.39 is 0 Å². The van der Waals surface area contributed by atoms with Crippen molar-refractivity contribution in [2.45, 2.75) is 12.7 Å². The second kappa shape index (κ2) is 8.83. The number of nitrogens with one attached hydrogen (secondary N) is 1. The molecule has 1 aromatic heterocycles. The fourth-order valence-electron chi connectivity index (χ4n) is 2.86. The lowest BCUT2D eigenvalue weighted by atomic mass is 10.2. The predicted molar refractivity (Wildman–Crippen MR) is 108 cm³/mol. The summed E-state index contributed by atoms with van der Waals surface area (Å²) >= 11 is 1.51. The molecule has 2 aromatic carbocycles. The Labute approximate surface area is 172 Å². The molecule has 4 rings (SSSR count). The molecule has 0 saturated heterocycles. The monoisotopic (exact) mass is 412 g/mol. The van der Waals surface area contributed by atoms with E-state index in [1.54, 1.807) is 23.7 Å². The number of hydrogen-bond acceptors (Lipinski definition) is 7. The molecule has 29 heavy (non-hydrogen) atoms. The summed E-state index contributed by atoms with van der Waals surface area (Å²) in [6.07, 6.45) is -0.253. The number of thiazole rings is 1. The molecule has 3 aromatic rings. The summed E-state index contributed by atoms with van der Waals surface area (Å²) < 4.78 is 22.6. The van der Waals surface area contributed by atoms with Gasteiger partial charge in [0.15, 0.2) is 23.0 Å². The van der Waals surface area contributed by atoms with Gasteiger partial charge in [-0.25, -0.2) is 4.98 Å². The Balaban J connectivity index is 1.35. The van der Waals surface area contributed by atoms with Crippen LogP contribution in [-0.4, -0.2) is 37.3 Å². The number of hydrogen-bond donors (Lipinski definition) is 1. The summed E-state index contributed by atoms with van der Waals surface area (Å²) in [5.74, 6) is 2.21. The number of carbonyl (C=O) groups is 1. The number of rotatable bonds is 7. The Morgan fingerprint density at radius 3 is 2.90 bits per heavy atom. The topological polar surface area (TPSA) is 78.9 Å². The third-order valence-electron chi connectivity index (χ3n) is 4.34. The molecule has 0 radical (unpaired) electrons. The molecule has 1 aliphatic rings. The smallest absolute Gasteiger partial charge is 0.251 e. The number of methoxy groups -OCH3 is 1. The molecule has 0 aliphatic carbocycles. The molecule has 0 spiro atoms. The molecule has 2 heterocycles. The molecule has 1 N–H and O–H groups in total. The first-order chi connectivity index (χ1) is 14.2. The first kappa shape index (κ1) is 19.1. The number of ether oxygens (including phenoxy) is 4. The standard InChI is InChI=1S/C21H20N2O5S/c1-25-20-8-14(6-7-18(20)26-10-15-12-29-13-23-15)21(24)22-9-16-11-27-17-4-2-3-5-19(17)28-16/h2-8,12-13,16H,9-11H2,1H3,(H,22,24). The summed E-state index contributed by atoms with van der Waals surface area (Å²) in [6, 6.07) is 12.5. The van der Waals surface area contributed by atoms with Gasteiger partial charge in [0.1, 0.15) is 19.3 Å². The maximum atomic E-state index is 12.5. The summed E-state index contributed by atoms with van der Waals surface area (Å²) in [6.45, 7) is 1.05. The van der Waals surface area contributed by atoms with E-state index in [0.717, 1.165) is 5.69 Å². The van der Waals surface area contributed by atoms with Crippen LogP contribution in [0.5, 0.6) is 23.0 Å². The summed E-state index contributed by atoms with van der Waals surface area (Å²) in [5.41, 5.74) is 3.07. The number of nitrogens with zero attached hydrogens (tertiary/aromatic N) is 1. The predicted octanol–water partition coefficient (Wildman–Crippen LogP) is 3.30. The van der Waals surface area contributed by atoms with Crippen LogP contribution in [0.15, 0.2) is 53.4 Å². The lowest BCUT2D eigenvalue weighted by Crippen LogP contribution is -2.40. The van der Waals surface area contributed by atoms with Crippen molar-refractivity contribution in [1.29, 1.82) is 0 Å². The second-order valence-corrected chi connectivity index (χ2v) is 7.06. The van der Waals surface area contributed by atoms with Gasteiger partial charge in [0, 0.05) is 10.9 Å². The highest BCUT2D eigenvalue weighted by Crippen LogP contribution is 2.31. The average Bonchev–Trinajstić information content (AvgIpc) is 3.29. The quantitative estimate of drug-likeness (QED) is 0.642. The van der Waals surface area contributed by atoms with E-state index in [1.807, 2.05) is 29.6 Å². The third kappa shape index (κ3) is 4.60. The molecule has 0 bridgehead atoms.